The molecule has 0 radical (unpaired) electrons. The Balaban J connectivity index is 2.33. The van der Waals surface area contributed by atoms with E-state index in [1.54, 1.807) is 31.4 Å². The molecule has 0 aliphatic rings. The summed E-state index contributed by atoms with van der Waals surface area (Å²) in [6.45, 7) is 0. The van der Waals surface area contributed by atoms with E-state index in [-0.39, 0.29) is 17.1 Å². The van der Waals surface area contributed by atoms with Crippen LogP contribution in [0.3, 0.4) is 0 Å². The molecule has 8 nitrogen and oxygen atoms in total. The topological polar surface area (TPSA) is 104 Å². The van der Waals surface area contributed by atoms with Gasteiger partial charge in [-0.15, -0.1) is 0 Å². The van der Waals surface area contributed by atoms with Gasteiger partial charge in [-0.1, -0.05) is 0 Å². The van der Waals surface area contributed by atoms with Crippen molar-refractivity contribution in [2.45, 2.75) is 0 Å². The van der Waals surface area contributed by atoms with E-state index in [0.29, 0.717) is 11.4 Å². The van der Waals surface area contributed by atoms with Crippen LogP contribution in [0.25, 0.3) is 0 Å². The normalized spacial score (nSPS) is 9.91. The molecule has 0 saturated heterocycles. The van der Waals surface area contributed by atoms with E-state index in [2.05, 4.69) is 15.0 Å². The fourth-order valence-electron chi connectivity index (χ4n) is 1.73. The lowest BCUT2D eigenvalue weighted by Gasteiger charge is -2.08. The SMILES string of the molecule is COC(=O)c1cnc(Nc2ccc(OC)cc2)c([N+](=O)[O-])c1. The number of carbonyl (C=O) groups is 1. The van der Waals surface area contributed by atoms with Crippen molar-refractivity contribution in [1.82, 2.24) is 4.98 Å². The summed E-state index contributed by atoms with van der Waals surface area (Å²) in [6, 6.07) is 7.91. The number of nitro groups is 1. The number of nitrogens with zero attached hydrogens (tertiary/aromatic N) is 2. The standard InChI is InChI=1S/C14H13N3O5/c1-21-11-5-3-10(4-6-11)16-13-12(17(19)20)7-9(8-15-13)14(18)22-2/h3-8H,1-2H3,(H,15,16). The number of nitrogens with one attached hydrogen (secondary N) is 1. The number of methoxy groups -OCH3 is 2. The van der Waals surface area contributed by atoms with Gasteiger partial charge in [-0.05, 0) is 24.3 Å². The predicted molar refractivity (Wildman–Crippen MR) is 78.5 cm³/mol. The molecule has 22 heavy (non-hydrogen) atoms. The van der Waals surface area contributed by atoms with E-state index in [0.717, 1.165) is 6.07 Å². The average Bonchev–Trinajstić information content (AvgIpc) is 2.55. The monoisotopic (exact) mass is 303 g/mol. The lowest BCUT2D eigenvalue weighted by atomic mass is 10.2. The summed E-state index contributed by atoms with van der Waals surface area (Å²) in [5.41, 5.74) is 0.287. The highest BCUT2D eigenvalue weighted by Crippen LogP contribution is 2.27. The Morgan fingerprint density at radius 1 is 1.27 bits per heavy atom. The van der Waals surface area contributed by atoms with E-state index in [1.807, 2.05) is 0 Å². The number of carbonyl (C=O) groups excluding carboxylic acids is 1. The number of hydrogen-bond acceptors (Lipinski definition) is 7. The highest BCUT2D eigenvalue weighted by Gasteiger charge is 2.19. The Bertz CT molecular complexity index is 700. The van der Waals surface area contributed by atoms with E-state index in [9.17, 15) is 14.9 Å². The molecule has 1 aromatic carbocycles. The lowest BCUT2D eigenvalue weighted by molar-refractivity contribution is -0.384. The van der Waals surface area contributed by atoms with Crippen LogP contribution in [0.2, 0.25) is 0 Å². The van der Waals surface area contributed by atoms with Crippen molar-refractivity contribution in [3.8, 4) is 5.75 Å². The first-order valence-electron chi connectivity index (χ1n) is 6.19. The van der Waals surface area contributed by atoms with Gasteiger partial charge in [-0.2, -0.15) is 0 Å². The smallest absolute Gasteiger partial charge is 0.339 e. The zero-order valence-electron chi connectivity index (χ0n) is 11.9. The number of pyridine rings is 1. The van der Waals surface area contributed by atoms with Crippen LogP contribution >= 0.6 is 0 Å². The second-order valence-electron chi connectivity index (χ2n) is 4.19. The van der Waals surface area contributed by atoms with E-state index in [1.165, 1.54) is 13.3 Å². The van der Waals surface area contributed by atoms with Crippen LogP contribution in [0.1, 0.15) is 10.4 Å². The summed E-state index contributed by atoms with van der Waals surface area (Å²) in [5.74, 6) is 0.00321. The molecule has 8 heteroatoms. The Labute approximate surface area is 125 Å². The highest BCUT2D eigenvalue weighted by atomic mass is 16.6. The number of anilines is 2. The average molecular weight is 303 g/mol. The van der Waals surface area contributed by atoms with Gasteiger partial charge < -0.3 is 14.8 Å². The molecule has 1 N–H and O–H groups in total. The number of rotatable bonds is 5. The van der Waals surface area contributed by atoms with Crippen molar-refractivity contribution in [2.75, 3.05) is 19.5 Å². The van der Waals surface area contributed by atoms with Crippen molar-refractivity contribution in [1.29, 1.82) is 0 Å². The van der Waals surface area contributed by atoms with Crippen LogP contribution in [0.4, 0.5) is 17.2 Å². The number of ether oxygens (including phenoxy) is 2. The van der Waals surface area contributed by atoms with Gasteiger partial charge in [0.15, 0.2) is 0 Å². The van der Waals surface area contributed by atoms with Gasteiger partial charge in [0.2, 0.25) is 5.82 Å². The molecule has 0 fully saturated rings. The molecule has 0 saturated carbocycles. The number of aromatic nitrogens is 1. The van der Waals surface area contributed by atoms with E-state index >= 15 is 0 Å². The molecule has 114 valence electrons. The zero-order valence-corrected chi connectivity index (χ0v) is 11.9. The first-order valence-corrected chi connectivity index (χ1v) is 6.19. The maximum absolute atomic E-state index is 11.4. The third kappa shape index (κ3) is 3.29. The quantitative estimate of drug-likeness (QED) is 0.514. The first kappa shape index (κ1) is 15.2. The molecule has 0 aliphatic heterocycles. The maximum atomic E-state index is 11.4. The largest absolute Gasteiger partial charge is 0.497 e. The highest BCUT2D eigenvalue weighted by molar-refractivity contribution is 5.90. The molecular weight excluding hydrogens is 290 g/mol. The summed E-state index contributed by atoms with van der Waals surface area (Å²) < 4.78 is 9.55. The second kappa shape index (κ2) is 6.53. The molecule has 0 bridgehead atoms. The molecule has 1 heterocycles. The molecule has 1 aromatic heterocycles. The van der Waals surface area contributed by atoms with Gasteiger partial charge in [-0.25, -0.2) is 9.78 Å². The number of esters is 1. The fourth-order valence-corrected chi connectivity index (χ4v) is 1.73. The van der Waals surface area contributed by atoms with Gasteiger partial charge >= 0.3 is 11.7 Å². The molecular formula is C14H13N3O5. The van der Waals surface area contributed by atoms with Crippen LogP contribution in [-0.4, -0.2) is 30.1 Å². The van der Waals surface area contributed by atoms with Gasteiger partial charge in [0.1, 0.15) is 5.75 Å². The van der Waals surface area contributed by atoms with E-state index in [4.69, 9.17) is 4.74 Å². The lowest BCUT2D eigenvalue weighted by Crippen LogP contribution is -2.06. The summed E-state index contributed by atoms with van der Waals surface area (Å²) in [7, 11) is 2.73. The molecule has 2 aromatic rings. The van der Waals surface area contributed by atoms with Crippen LogP contribution < -0.4 is 10.1 Å². The van der Waals surface area contributed by atoms with Crippen LogP contribution in [0, 0.1) is 10.1 Å². The zero-order chi connectivity index (χ0) is 16.1. The minimum atomic E-state index is -0.688. The molecule has 0 atom stereocenters. The summed E-state index contributed by atoms with van der Waals surface area (Å²) >= 11 is 0. The minimum absolute atomic E-state index is 0.00878. The van der Waals surface area contributed by atoms with Gasteiger partial charge in [0.05, 0.1) is 24.7 Å². The maximum Gasteiger partial charge on any atom is 0.339 e. The minimum Gasteiger partial charge on any atom is -0.497 e. The summed E-state index contributed by atoms with van der Waals surface area (Å²) in [4.78, 5) is 25.8. The molecule has 0 spiro atoms. The van der Waals surface area contributed by atoms with Crippen LogP contribution in [-0.2, 0) is 4.74 Å². The van der Waals surface area contributed by atoms with Crippen molar-refractivity contribution < 1.29 is 19.2 Å². The summed E-state index contributed by atoms with van der Waals surface area (Å²) in [6.07, 6.45) is 1.21. The Morgan fingerprint density at radius 2 is 1.95 bits per heavy atom. The van der Waals surface area contributed by atoms with Crippen LogP contribution in [0.5, 0.6) is 5.75 Å². The number of benzene rings is 1. The van der Waals surface area contributed by atoms with Crippen molar-refractivity contribution in [3.05, 3.63) is 52.2 Å². The van der Waals surface area contributed by atoms with Crippen molar-refractivity contribution in [3.63, 3.8) is 0 Å². The third-order valence-electron chi connectivity index (χ3n) is 2.84. The van der Waals surface area contributed by atoms with Gasteiger partial charge in [-0.3, -0.25) is 10.1 Å². The first-order chi connectivity index (χ1) is 10.5. The Morgan fingerprint density at radius 3 is 2.50 bits per heavy atom. The van der Waals surface area contributed by atoms with E-state index < -0.39 is 10.9 Å². The van der Waals surface area contributed by atoms with Crippen molar-refractivity contribution in [2.24, 2.45) is 0 Å². The second-order valence-corrected chi connectivity index (χ2v) is 4.19. The Hall–Kier alpha value is -3.16. The molecule has 0 unspecified atom stereocenters. The van der Waals surface area contributed by atoms with Gasteiger partial charge in [0, 0.05) is 18.0 Å². The van der Waals surface area contributed by atoms with Crippen molar-refractivity contribution >= 4 is 23.2 Å². The Kier molecular flexibility index (Phi) is 4.52. The summed E-state index contributed by atoms with van der Waals surface area (Å²) in [5, 5.41) is 14.0. The predicted octanol–water partition coefficient (Wildman–Crippen LogP) is 2.53. The number of hydrogen-bond donors (Lipinski definition) is 1. The third-order valence-corrected chi connectivity index (χ3v) is 2.84. The molecule has 2 rings (SSSR count). The van der Waals surface area contributed by atoms with Gasteiger partial charge in [0.25, 0.3) is 0 Å². The van der Waals surface area contributed by atoms with Crippen LogP contribution in [0.15, 0.2) is 36.5 Å². The fraction of sp³-hybridized carbons (Fsp3) is 0.143. The molecule has 0 aliphatic carbocycles. The molecule has 0 amide bonds.